The standard InChI is InChI=1S/C16H19F3N2O2/c1-12-4-2-3-5-13(12)6-7-14(22)20-8-10-21(11-9-20)15(23)16(17,18)19/h2-5H,6-11H2,1H3. The van der Waals surface area contributed by atoms with Crippen LogP contribution in [0.5, 0.6) is 0 Å². The van der Waals surface area contributed by atoms with E-state index in [0.29, 0.717) is 12.8 Å². The number of aryl methyl sites for hydroxylation is 2. The smallest absolute Gasteiger partial charge is 0.339 e. The van der Waals surface area contributed by atoms with Crippen LogP contribution >= 0.6 is 0 Å². The first-order valence-corrected chi connectivity index (χ1v) is 7.47. The van der Waals surface area contributed by atoms with Crippen LogP contribution in [-0.4, -0.2) is 54.0 Å². The monoisotopic (exact) mass is 328 g/mol. The second-order valence-electron chi connectivity index (χ2n) is 5.60. The Balaban J connectivity index is 1.82. The van der Waals surface area contributed by atoms with Crippen molar-refractivity contribution in [3.63, 3.8) is 0 Å². The van der Waals surface area contributed by atoms with Gasteiger partial charge in [0.05, 0.1) is 0 Å². The number of halogens is 3. The lowest BCUT2D eigenvalue weighted by Gasteiger charge is -2.35. The van der Waals surface area contributed by atoms with Crippen LogP contribution in [0.25, 0.3) is 0 Å². The molecule has 0 bridgehead atoms. The van der Waals surface area contributed by atoms with Crippen molar-refractivity contribution >= 4 is 11.8 Å². The van der Waals surface area contributed by atoms with Crippen molar-refractivity contribution in [3.05, 3.63) is 35.4 Å². The molecule has 0 N–H and O–H groups in total. The second kappa shape index (κ2) is 7.02. The summed E-state index contributed by atoms with van der Waals surface area (Å²) < 4.78 is 37.1. The van der Waals surface area contributed by atoms with Crippen LogP contribution < -0.4 is 0 Å². The van der Waals surface area contributed by atoms with E-state index < -0.39 is 12.1 Å². The molecule has 1 fully saturated rings. The summed E-state index contributed by atoms with van der Waals surface area (Å²) in [6, 6.07) is 7.77. The molecule has 1 aliphatic heterocycles. The molecule has 1 aromatic carbocycles. The normalized spacial score (nSPS) is 15.7. The van der Waals surface area contributed by atoms with Crippen molar-refractivity contribution in [2.75, 3.05) is 26.2 Å². The van der Waals surface area contributed by atoms with Crippen LogP contribution in [0.15, 0.2) is 24.3 Å². The first-order chi connectivity index (χ1) is 10.8. The summed E-state index contributed by atoms with van der Waals surface area (Å²) in [6.45, 7) is 2.12. The number of nitrogens with zero attached hydrogens (tertiary/aromatic N) is 2. The van der Waals surface area contributed by atoms with E-state index in [-0.39, 0.29) is 32.1 Å². The van der Waals surface area contributed by atoms with Gasteiger partial charge in [0.2, 0.25) is 5.91 Å². The molecule has 0 unspecified atom stereocenters. The average molecular weight is 328 g/mol. The van der Waals surface area contributed by atoms with Crippen LogP contribution in [0.2, 0.25) is 0 Å². The lowest BCUT2D eigenvalue weighted by atomic mass is 10.0. The largest absolute Gasteiger partial charge is 0.471 e. The Morgan fingerprint density at radius 3 is 2.17 bits per heavy atom. The highest BCUT2D eigenvalue weighted by Crippen LogP contribution is 2.20. The maximum Gasteiger partial charge on any atom is 0.471 e. The van der Waals surface area contributed by atoms with Gasteiger partial charge in [-0.2, -0.15) is 13.2 Å². The van der Waals surface area contributed by atoms with Crippen LogP contribution in [0.4, 0.5) is 13.2 Å². The molecule has 1 saturated heterocycles. The maximum atomic E-state index is 12.4. The predicted octanol–water partition coefficient (Wildman–Crippen LogP) is 2.16. The van der Waals surface area contributed by atoms with E-state index >= 15 is 0 Å². The second-order valence-corrected chi connectivity index (χ2v) is 5.60. The van der Waals surface area contributed by atoms with Gasteiger partial charge in [0, 0.05) is 32.6 Å². The van der Waals surface area contributed by atoms with E-state index in [1.165, 1.54) is 4.90 Å². The fourth-order valence-electron chi connectivity index (χ4n) is 2.63. The van der Waals surface area contributed by atoms with E-state index in [1.807, 2.05) is 31.2 Å². The summed E-state index contributed by atoms with van der Waals surface area (Å²) in [7, 11) is 0. The van der Waals surface area contributed by atoms with Crippen molar-refractivity contribution in [2.24, 2.45) is 0 Å². The lowest BCUT2D eigenvalue weighted by molar-refractivity contribution is -0.187. The number of rotatable bonds is 3. The molecule has 0 saturated carbocycles. The van der Waals surface area contributed by atoms with E-state index in [9.17, 15) is 22.8 Å². The van der Waals surface area contributed by atoms with Crippen LogP contribution in [-0.2, 0) is 16.0 Å². The molecule has 0 radical (unpaired) electrons. The molecule has 23 heavy (non-hydrogen) atoms. The minimum atomic E-state index is -4.85. The highest BCUT2D eigenvalue weighted by molar-refractivity contribution is 5.82. The zero-order valence-corrected chi connectivity index (χ0v) is 12.9. The van der Waals surface area contributed by atoms with E-state index in [0.717, 1.165) is 16.0 Å². The zero-order chi connectivity index (χ0) is 17.0. The fraction of sp³-hybridized carbons (Fsp3) is 0.500. The minimum absolute atomic E-state index is 0.0750. The maximum absolute atomic E-state index is 12.4. The number of alkyl halides is 3. The molecule has 0 spiro atoms. The zero-order valence-electron chi connectivity index (χ0n) is 12.9. The Hall–Kier alpha value is -2.05. The topological polar surface area (TPSA) is 40.6 Å². The van der Waals surface area contributed by atoms with Gasteiger partial charge in [-0.05, 0) is 24.5 Å². The van der Waals surface area contributed by atoms with Gasteiger partial charge in [0.15, 0.2) is 0 Å². The van der Waals surface area contributed by atoms with Gasteiger partial charge in [-0.15, -0.1) is 0 Å². The van der Waals surface area contributed by atoms with Gasteiger partial charge in [-0.25, -0.2) is 0 Å². The van der Waals surface area contributed by atoms with Crippen LogP contribution in [0.1, 0.15) is 17.5 Å². The van der Waals surface area contributed by atoms with Gasteiger partial charge >= 0.3 is 12.1 Å². The average Bonchev–Trinajstić information content (AvgIpc) is 2.52. The number of carbonyl (C=O) groups excluding carboxylic acids is 2. The van der Waals surface area contributed by atoms with Crippen molar-refractivity contribution in [2.45, 2.75) is 25.9 Å². The van der Waals surface area contributed by atoms with Gasteiger partial charge < -0.3 is 9.80 Å². The van der Waals surface area contributed by atoms with E-state index in [2.05, 4.69) is 0 Å². The summed E-state index contributed by atoms with van der Waals surface area (Å²) in [6.07, 6.45) is -3.93. The highest BCUT2D eigenvalue weighted by Gasteiger charge is 2.43. The first kappa shape index (κ1) is 17.3. The molecule has 1 aromatic rings. The molecule has 2 amide bonds. The lowest BCUT2D eigenvalue weighted by Crippen LogP contribution is -2.53. The predicted molar refractivity (Wildman–Crippen MR) is 78.7 cm³/mol. The van der Waals surface area contributed by atoms with E-state index in [4.69, 9.17) is 0 Å². The molecular weight excluding hydrogens is 309 g/mol. The Labute approximate surface area is 132 Å². The molecule has 126 valence electrons. The minimum Gasteiger partial charge on any atom is -0.339 e. The highest BCUT2D eigenvalue weighted by atomic mass is 19.4. The van der Waals surface area contributed by atoms with Crippen molar-refractivity contribution in [1.29, 1.82) is 0 Å². The molecule has 1 aliphatic rings. The number of hydrogen-bond acceptors (Lipinski definition) is 2. The third-order valence-corrected chi connectivity index (χ3v) is 4.03. The Kier molecular flexibility index (Phi) is 5.28. The SMILES string of the molecule is Cc1ccccc1CCC(=O)N1CCN(C(=O)C(F)(F)F)CC1. The Morgan fingerprint density at radius 1 is 1.04 bits per heavy atom. The van der Waals surface area contributed by atoms with Crippen LogP contribution in [0.3, 0.4) is 0 Å². The van der Waals surface area contributed by atoms with Gasteiger partial charge in [-0.1, -0.05) is 24.3 Å². The molecule has 0 aromatic heterocycles. The number of piperazine rings is 1. The van der Waals surface area contributed by atoms with Crippen molar-refractivity contribution < 1.29 is 22.8 Å². The molecule has 7 heteroatoms. The third kappa shape index (κ3) is 4.46. The van der Waals surface area contributed by atoms with Crippen molar-refractivity contribution in [1.82, 2.24) is 9.80 Å². The van der Waals surface area contributed by atoms with Gasteiger partial charge in [0.1, 0.15) is 0 Å². The molecule has 2 rings (SSSR count). The van der Waals surface area contributed by atoms with E-state index in [1.54, 1.807) is 0 Å². The fourth-order valence-corrected chi connectivity index (χ4v) is 2.63. The summed E-state index contributed by atoms with van der Waals surface area (Å²) in [5.41, 5.74) is 2.20. The quantitative estimate of drug-likeness (QED) is 0.853. The number of carbonyl (C=O) groups is 2. The molecular formula is C16H19F3N2O2. The molecule has 0 aliphatic carbocycles. The number of hydrogen-bond donors (Lipinski definition) is 0. The summed E-state index contributed by atoms with van der Waals surface area (Å²) in [5.74, 6) is -1.92. The first-order valence-electron chi connectivity index (χ1n) is 7.47. The Bertz CT molecular complexity index is 579. The molecule has 1 heterocycles. The number of amides is 2. The van der Waals surface area contributed by atoms with Gasteiger partial charge in [-0.3, -0.25) is 9.59 Å². The van der Waals surface area contributed by atoms with Crippen molar-refractivity contribution in [3.8, 4) is 0 Å². The molecule has 0 atom stereocenters. The third-order valence-electron chi connectivity index (χ3n) is 4.03. The summed E-state index contributed by atoms with van der Waals surface area (Å²) in [5, 5.41) is 0. The molecule has 4 nitrogen and oxygen atoms in total. The Morgan fingerprint density at radius 2 is 1.61 bits per heavy atom. The summed E-state index contributed by atoms with van der Waals surface area (Å²) in [4.78, 5) is 25.6. The van der Waals surface area contributed by atoms with Crippen LogP contribution in [0, 0.1) is 6.92 Å². The number of benzene rings is 1. The summed E-state index contributed by atoms with van der Waals surface area (Å²) >= 11 is 0. The van der Waals surface area contributed by atoms with Gasteiger partial charge in [0.25, 0.3) is 0 Å².